The fourth-order valence-electron chi connectivity index (χ4n) is 3.14. The number of rotatable bonds is 8. The predicted molar refractivity (Wildman–Crippen MR) is 116 cm³/mol. The van der Waals surface area contributed by atoms with Gasteiger partial charge in [-0.05, 0) is 39.8 Å². The fourth-order valence-corrected chi connectivity index (χ4v) is 3.96. The number of benzene rings is 1. The van der Waals surface area contributed by atoms with Gasteiger partial charge in [-0.1, -0.05) is 23.9 Å². The molecule has 0 saturated carbocycles. The van der Waals surface area contributed by atoms with Crippen LogP contribution in [0.3, 0.4) is 0 Å². The molecule has 29 heavy (non-hydrogen) atoms. The van der Waals surface area contributed by atoms with E-state index in [0.717, 1.165) is 11.8 Å². The molecule has 0 aliphatic heterocycles. The van der Waals surface area contributed by atoms with E-state index in [9.17, 15) is 14.4 Å². The quantitative estimate of drug-likeness (QED) is 0.502. The van der Waals surface area contributed by atoms with Crippen molar-refractivity contribution in [1.29, 1.82) is 0 Å². The van der Waals surface area contributed by atoms with Crippen LogP contribution in [0.2, 0.25) is 0 Å². The third-order valence-corrected chi connectivity index (χ3v) is 5.52. The van der Waals surface area contributed by atoms with Gasteiger partial charge in [0.2, 0.25) is 5.91 Å². The van der Waals surface area contributed by atoms with Crippen molar-refractivity contribution in [3.63, 3.8) is 0 Å². The maximum absolute atomic E-state index is 13.1. The molecule has 3 amide bonds. The first-order valence-electron chi connectivity index (χ1n) is 9.64. The average molecular weight is 420 g/mol. The summed E-state index contributed by atoms with van der Waals surface area (Å²) in [6.45, 7) is 9.65. The van der Waals surface area contributed by atoms with Crippen LogP contribution >= 0.6 is 11.8 Å². The van der Waals surface area contributed by atoms with E-state index in [1.54, 1.807) is 16.7 Å². The van der Waals surface area contributed by atoms with Crippen LogP contribution < -0.4 is 16.2 Å². The average Bonchev–Trinajstić information content (AvgIpc) is 2.67. The van der Waals surface area contributed by atoms with Crippen LogP contribution in [0.15, 0.2) is 34.2 Å². The molecule has 0 fully saturated rings. The minimum absolute atomic E-state index is 0.0176. The number of hydrogen-bond donors (Lipinski definition) is 2. The summed E-state index contributed by atoms with van der Waals surface area (Å²) in [7, 11) is 1.44. The van der Waals surface area contributed by atoms with E-state index in [1.807, 2.05) is 12.1 Å². The minimum atomic E-state index is -0.566. The Bertz CT molecular complexity index is 918. The first-order valence-corrected chi connectivity index (χ1v) is 10.6. The second kappa shape index (κ2) is 10.4. The Hall–Kier alpha value is -2.39. The number of hydrogen-bond acceptors (Lipinski definition) is 6. The Morgan fingerprint density at radius 1 is 1.17 bits per heavy atom. The van der Waals surface area contributed by atoms with Crippen molar-refractivity contribution in [1.82, 2.24) is 25.1 Å². The van der Waals surface area contributed by atoms with Crippen LogP contribution in [-0.2, 0) is 11.3 Å². The van der Waals surface area contributed by atoms with Crippen LogP contribution in [0.1, 0.15) is 27.7 Å². The lowest BCUT2D eigenvalue weighted by Crippen LogP contribution is -2.41. The molecule has 2 N–H and O–H groups in total. The Kier molecular flexibility index (Phi) is 8.21. The van der Waals surface area contributed by atoms with Crippen molar-refractivity contribution < 1.29 is 9.59 Å². The molecular weight excluding hydrogens is 390 g/mol. The Morgan fingerprint density at radius 2 is 1.83 bits per heavy atom. The SMILES string of the molecule is CNC(=O)NC(=O)CSc1nc2ccccc2c(=O)n1CCN(C(C)C)C(C)C. The van der Waals surface area contributed by atoms with Gasteiger partial charge >= 0.3 is 6.03 Å². The summed E-state index contributed by atoms with van der Waals surface area (Å²) >= 11 is 1.15. The second-order valence-corrected chi connectivity index (χ2v) is 8.15. The van der Waals surface area contributed by atoms with Gasteiger partial charge < -0.3 is 5.32 Å². The van der Waals surface area contributed by atoms with Gasteiger partial charge in [-0.15, -0.1) is 0 Å². The fraction of sp³-hybridized carbons (Fsp3) is 0.500. The van der Waals surface area contributed by atoms with Crippen molar-refractivity contribution in [3.05, 3.63) is 34.6 Å². The van der Waals surface area contributed by atoms with Gasteiger partial charge in [0.25, 0.3) is 5.56 Å². The van der Waals surface area contributed by atoms with Gasteiger partial charge in [-0.3, -0.25) is 24.4 Å². The lowest BCUT2D eigenvalue weighted by Gasteiger charge is -2.30. The van der Waals surface area contributed by atoms with Crippen LogP contribution in [-0.4, -0.2) is 57.8 Å². The number of carbonyl (C=O) groups is 2. The van der Waals surface area contributed by atoms with Gasteiger partial charge in [0.15, 0.2) is 5.16 Å². The molecule has 1 aromatic carbocycles. The molecule has 0 aliphatic carbocycles. The number of aromatic nitrogens is 2. The maximum Gasteiger partial charge on any atom is 0.321 e. The lowest BCUT2D eigenvalue weighted by molar-refractivity contribution is -0.117. The number of amides is 3. The summed E-state index contributed by atoms with van der Waals surface area (Å²) in [5.74, 6) is -0.467. The zero-order valence-electron chi connectivity index (χ0n) is 17.6. The molecule has 158 valence electrons. The molecular formula is C20H29N5O3S. The molecule has 0 radical (unpaired) electrons. The van der Waals surface area contributed by atoms with Crippen LogP contribution in [0.4, 0.5) is 4.79 Å². The number of nitrogens with one attached hydrogen (secondary N) is 2. The standard InChI is InChI=1S/C20H29N5O3S/c1-13(2)24(14(3)4)10-11-25-18(27)15-8-6-7-9-16(15)22-20(25)29-12-17(26)23-19(28)21-5/h6-9,13-14H,10-12H2,1-5H3,(H2,21,23,26,28). The number of thioether (sulfide) groups is 1. The van der Waals surface area contributed by atoms with Crippen molar-refractivity contribution in [3.8, 4) is 0 Å². The molecule has 9 heteroatoms. The highest BCUT2D eigenvalue weighted by atomic mass is 32.2. The normalized spacial score (nSPS) is 11.4. The number of para-hydroxylation sites is 1. The molecule has 0 spiro atoms. The van der Waals surface area contributed by atoms with Gasteiger partial charge in [-0.2, -0.15) is 0 Å². The summed E-state index contributed by atoms with van der Waals surface area (Å²) in [4.78, 5) is 43.3. The molecule has 2 aromatic rings. The topological polar surface area (TPSA) is 96.3 Å². The van der Waals surface area contributed by atoms with E-state index in [1.165, 1.54) is 7.05 Å². The smallest absolute Gasteiger partial charge is 0.321 e. The van der Waals surface area contributed by atoms with Crippen molar-refractivity contribution in [2.75, 3.05) is 19.3 Å². The van der Waals surface area contributed by atoms with E-state index in [4.69, 9.17) is 0 Å². The molecule has 0 unspecified atom stereocenters. The minimum Gasteiger partial charge on any atom is -0.341 e. The van der Waals surface area contributed by atoms with E-state index in [-0.39, 0.29) is 11.3 Å². The lowest BCUT2D eigenvalue weighted by atomic mass is 10.2. The van der Waals surface area contributed by atoms with Crippen molar-refractivity contribution in [2.24, 2.45) is 0 Å². The number of carbonyl (C=O) groups excluding carboxylic acids is 2. The first kappa shape index (κ1) is 22.9. The Labute approximate surface area is 175 Å². The van der Waals surface area contributed by atoms with E-state index in [0.29, 0.717) is 41.2 Å². The number of imide groups is 1. The van der Waals surface area contributed by atoms with Crippen molar-refractivity contribution in [2.45, 2.75) is 51.5 Å². The third kappa shape index (κ3) is 6.04. The first-order chi connectivity index (χ1) is 13.7. The predicted octanol–water partition coefficient (Wildman–Crippen LogP) is 2.06. The number of fused-ring (bicyclic) bond motifs is 1. The Balaban J connectivity index is 2.31. The highest BCUT2D eigenvalue weighted by Crippen LogP contribution is 2.18. The third-order valence-electron chi connectivity index (χ3n) is 4.55. The van der Waals surface area contributed by atoms with Crippen LogP contribution in [0.5, 0.6) is 0 Å². The van der Waals surface area contributed by atoms with Crippen LogP contribution in [0.25, 0.3) is 10.9 Å². The molecule has 1 heterocycles. The van der Waals surface area contributed by atoms with E-state index in [2.05, 4.69) is 48.2 Å². The maximum atomic E-state index is 13.1. The zero-order chi connectivity index (χ0) is 21.6. The number of nitrogens with zero attached hydrogens (tertiary/aromatic N) is 3. The zero-order valence-corrected chi connectivity index (χ0v) is 18.4. The van der Waals surface area contributed by atoms with E-state index < -0.39 is 11.9 Å². The number of urea groups is 1. The summed E-state index contributed by atoms with van der Waals surface area (Å²) in [5, 5.41) is 5.57. The molecule has 8 nitrogen and oxygen atoms in total. The van der Waals surface area contributed by atoms with Gasteiger partial charge in [0, 0.05) is 32.2 Å². The summed E-state index contributed by atoms with van der Waals surface area (Å²) in [6, 6.07) is 7.30. The van der Waals surface area contributed by atoms with Gasteiger partial charge in [0.05, 0.1) is 16.7 Å². The highest BCUT2D eigenvalue weighted by Gasteiger charge is 2.17. The molecule has 0 saturated heterocycles. The summed E-state index contributed by atoms with van der Waals surface area (Å²) in [5.41, 5.74) is 0.463. The molecule has 0 aliphatic rings. The summed E-state index contributed by atoms with van der Waals surface area (Å²) < 4.78 is 1.62. The second-order valence-electron chi connectivity index (χ2n) is 7.21. The van der Waals surface area contributed by atoms with Gasteiger partial charge in [-0.25, -0.2) is 9.78 Å². The molecule has 1 aromatic heterocycles. The van der Waals surface area contributed by atoms with Crippen LogP contribution in [0, 0.1) is 0 Å². The van der Waals surface area contributed by atoms with Crippen molar-refractivity contribution >= 4 is 34.6 Å². The molecule has 0 bridgehead atoms. The summed E-state index contributed by atoms with van der Waals surface area (Å²) in [6.07, 6.45) is 0. The Morgan fingerprint density at radius 3 is 2.45 bits per heavy atom. The molecule has 0 atom stereocenters. The highest BCUT2D eigenvalue weighted by molar-refractivity contribution is 7.99. The largest absolute Gasteiger partial charge is 0.341 e. The van der Waals surface area contributed by atoms with Gasteiger partial charge in [0.1, 0.15) is 0 Å². The monoisotopic (exact) mass is 419 g/mol. The molecule has 2 rings (SSSR count). The van der Waals surface area contributed by atoms with E-state index >= 15 is 0 Å².